The second kappa shape index (κ2) is 7.93. The molecule has 3 heteroatoms. The zero-order valence-corrected chi connectivity index (χ0v) is 12.0. The lowest BCUT2D eigenvalue weighted by Gasteiger charge is -2.38. The fourth-order valence-corrected chi connectivity index (χ4v) is 2.68. The topological polar surface area (TPSA) is 43.7 Å². The predicted molar refractivity (Wildman–Crippen MR) is 75.5 cm³/mol. The number of likely N-dealkylation sites (N-methyl/N-ethyl adjacent to an activating group) is 1. The van der Waals surface area contributed by atoms with Crippen molar-refractivity contribution in [3.63, 3.8) is 0 Å². The van der Waals surface area contributed by atoms with Crippen LogP contribution < -0.4 is 0 Å². The summed E-state index contributed by atoms with van der Waals surface area (Å²) in [6.45, 7) is 4.12. The number of hydrogen-bond donors (Lipinski definition) is 2. The van der Waals surface area contributed by atoms with Gasteiger partial charge in [-0.25, -0.2) is 0 Å². The molecule has 18 heavy (non-hydrogen) atoms. The summed E-state index contributed by atoms with van der Waals surface area (Å²) < 4.78 is 0. The van der Waals surface area contributed by atoms with E-state index in [-0.39, 0.29) is 12.2 Å². The summed E-state index contributed by atoms with van der Waals surface area (Å²) in [5, 5.41) is 19.7. The van der Waals surface area contributed by atoms with Crippen molar-refractivity contribution in [3.8, 4) is 0 Å². The van der Waals surface area contributed by atoms with E-state index in [0.717, 1.165) is 38.5 Å². The van der Waals surface area contributed by atoms with Crippen LogP contribution in [0.5, 0.6) is 0 Å². The highest BCUT2D eigenvalue weighted by Gasteiger charge is 2.26. The van der Waals surface area contributed by atoms with Crippen LogP contribution in [0.15, 0.2) is 12.2 Å². The quantitative estimate of drug-likeness (QED) is 0.686. The lowest BCUT2D eigenvalue weighted by Crippen LogP contribution is -2.44. The molecule has 1 heterocycles. The maximum Gasteiger partial charge on any atom is 0.0555 e. The van der Waals surface area contributed by atoms with Gasteiger partial charge in [-0.3, -0.25) is 4.90 Å². The Hall–Kier alpha value is -0.380. The molecule has 0 bridgehead atoms. The minimum Gasteiger partial charge on any atom is -0.393 e. The number of rotatable bonds is 7. The summed E-state index contributed by atoms with van der Waals surface area (Å²) in [4.78, 5) is 2.32. The normalized spacial score (nSPS) is 28.3. The standard InChI is InChI=1S/C15H29NO2/c1-4-7-15(18)11-13-9-6-8-12(16(13)3)10-14(17)5-2/h6,8,12-15,17-18H,4-5,7,9-11H2,1-3H3/t12-,13-,14+,15+/m0/s1. The summed E-state index contributed by atoms with van der Waals surface area (Å²) in [7, 11) is 2.11. The maximum atomic E-state index is 9.93. The van der Waals surface area contributed by atoms with Crippen LogP contribution in [-0.4, -0.2) is 46.5 Å². The highest BCUT2D eigenvalue weighted by Crippen LogP contribution is 2.23. The van der Waals surface area contributed by atoms with Crippen LogP contribution in [0, 0.1) is 0 Å². The number of nitrogens with zero attached hydrogens (tertiary/aromatic N) is 1. The molecule has 1 aliphatic heterocycles. The van der Waals surface area contributed by atoms with E-state index in [0.29, 0.717) is 12.1 Å². The molecule has 1 rings (SSSR count). The van der Waals surface area contributed by atoms with Gasteiger partial charge in [-0.05, 0) is 39.2 Å². The Kier molecular flexibility index (Phi) is 6.90. The summed E-state index contributed by atoms with van der Waals surface area (Å²) in [6.07, 6.45) is 9.36. The van der Waals surface area contributed by atoms with E-state index in [1.54, 1.807) is 0 Å². The van der Waals surface area contributed by atoms with Gasteiger partial charge >= 0.3 is 0 Å². The first kappa shape index (κ1) is 15.7. The Balaban J connectivity index is 2.49. The molecule has 106 valence electrons. The molecule has 0 aromatic carbocycles. The minimum absolute atomic E-state index is 0.189. The van der Waals surface area contributed by atoms with Gasteiger partial charge in [0.2, 0.25) is 0 Å². The molecule has 1 aliphatic rings. The molecule has 0 saturated carbocycles. The largest absolute Gasteiger partial charge is 0.393 e. The lowest BCUT2D eigenvalue weighted by atomic mass is 9.94. The predicted octanol–water partition coefficient (Wildman–Crippen LogP) is 2.33. The Morgan fingerprint density at radius 1 is 1.22 bits per heavy atom. The maximum absolute atomic E-state index is 9.93. The van der Waals surface area contributed by atoms with Crippen LogP contribution in [0.4, 0.5) is 0 Å². The molecule has 0 fully saturated rings. The third kappa shape index (κ3) is 4.71. The third-order valence-electron chi connectivity index (χ3n) is 4.02. The van der Waals surface area contributed by atoms with Crippen molar-refractivity contribution in [3.05, 3.63) is 12.2 Å². The molecule has 3 nitrogen and oxygen atoms in total. The van der Waals surface area contributed by atoms with Gasteiger partial charge in [0.1, 0.15) is 0 Å². The van der Waals surface area contributed by atoms with E-state index < -0.39 is 0 Å². The van der Waals surface area contributed by atoms with Gasteiger partial charge in [0.05, 0.1) is 12.2 Å². The second-order valence-electron chi connectivity index (χ2n) is 5.53. The molecule has 0 aromatic heterocycles. The number of hydrogen-bond acceptors (Lipinski definition) is 3. The molecule has 0 aliphatic carbocycles. The zero-order valence-electron chi connectivity index (χ0n) is 12.0. The van der Waals surface area contributed by atoms with Gasteiger partial charge in [-0.1, -0.05) is 32.4 Å². The van der Waals surface area contributed by atoms with Crippen molar-refractivity contribution in [1.29, 1.82) is 0 Å². The fraction of sp³-hybridized carbons (Fsp3) is 0.867. The third-order valence-corrected chi connectivity index (χ3v) is 4.02. The first-order valence-corrected chi connectivity index (χ1v) is 7.33. The monoisotopic (exact) mass is 255 g/mol. The van der Waals surface area contributed by atoms with Crippen molar-refractivity contribution in [2.24, 2.45) is 0 Å². The first-order chi connectivity index (χ1) is 8.58. The Morgan fingerprint density at radius 3 is 2.56 bits per heavy atom. The van der Waals surface area contributed by atoms with Crippen LogP contribution in [0.3, 0.4) is 0 Å². The highest BCUT2D eigenvalue weighted by atomic mass is 16.3. The fourth-order valence-electron chi connectivity index (χ4n) is 2.68. The Morgan fingerprint density at radius 2 is 1.94 bits per heavy atom. The molecular weight excluding hydrogens is 226 g/mol. The highest BCUT2D eigenvalue weighted by molar-refractivity contribution is 5.03. The summed E-state index contributed by atoms with van der Waals surface area (Å²) in [5.74, 6) is 0. The van der Waals surface area contributed by atoms with Crippen molar-refractivity contribution in [2.45, 2.75) is 76.7 Å². The molecule has 0 saturated heterocycles. The van der Waals surface area contributed by atoms with Crippen molar-refractivity contribution in [1.82, 2.24) is 4.90 Å². The molecule has 2 N–H and O–H groups in total. The lowest BCUT2D eigenvalue weighted by molar-refractivity contribution is 0.0699. The number of aliphatic hydroxyl groups is 2. The van der Waals surface area contributed by atoms with Gasteiger partial charge in [-0.15, -0.1) is 0 Å². The van der Waals surface area contributed by atoms with Crippen LogP contribution >= 0.6 is 0 Å². The van der Waals surface area contributed by atoms with Crippen LogP contribution in [-0.2, 0) is 0 Å². The molecule has 0 spiro atoms. The van der Waals surface area contributed by atoms with E-state index in [1.807, 2.05) is 6.92 Å². The summed E-state index contributed by atoms with van der Waals surface area (Å²) in [6, 6.07) is 0.720. The summed E-state index contributed by atoms with van der Waals surface area (Å²) >= 11 is 0. The van der Waals surface area contributed by atoms with E-state index in [9.17, 15) is 10.2 Å². The van der Waals surface area contributed by atoms with Gasteiger partial charge in [0.25, 0.3) is 0 Å². The first-order valence-electron chi connectivity index (χ1n) is 7.33. The molecule has 0 radical (unpaired) electrons. The summed E-state index contributed by atoms with van der Waals surface area (Å²) in [5.41, 5.74) is 0. The van der Waals surface area contributed by atoms with Crippen molar-refractivity contribution < 1.29 is 10.2 Å². The van der Waals surface area contributed by atoms with Crippen LogP contribution in [0.2, 0.25) is 0 Å². The van der Waals surface area contributed by atoms with E-state index in [4.69, 9.17) is 0 Å². The van der Waals surface area contributed by atoms with Gasteiger partial charge in [-0.2, -0.15) is 0 Å². The SMILES string of the molecule is CCC[C@@H](O)C[C@@H]1CC=C[C@@H](C[C@H](O)CC)N1C. The van der Waals surface area contributed by atoms with Crippen molar-refractivity contribution >= 4 is 0 Å². The molecule has 0 unspecified atom stereocenters. The van der Waals surface area contributed by atoms with Crippen LogP contribution in [0.1, 0.15) is 52.4 Å². The average molecular weight is 255 g/mol. The zero-order chi connectivity index (χ0) is 13.5. The van der Waals surface area contributed by atoms with E-state index in [1.165, 1.54) is 0 Å². The Bertz CT molecular complexity index is 255. The molecular formula is C15H29NO2. The second-order valence-corrected chi connectivity index (χ2v) is 5.53. The van der Waals surface area contributed by atoms with Gasteiger partial charge in [0.15, 0.2) is 0 Å². The van der Waals surface area contributed by atoms with Gasteiger partial charge in [0, 0.05) is 12.1 Å². The van der Waals surface area contributed by atoms with Crippen molar-refractivity contribution in [2.75, 3.05) is 7.05 Å². The van der Waals surface area contributed by atoms with Crippen LogP contribution in [0.25, 0.3) is 0 Å². The minimum atomic E-state index is -0.221. The van der Waals surface area contributed by atoms with E-state index in [2.05, 4.69) is 31.0 Å². The van der Waals surface area contributed by atoms with Gasteiger partial charge < -0.3 is 10.2 Å². The molecule has 4 atom stereocenters. The molecule has 0 amide bonds. The molecule has 0 aromatic rings. The Labute approximate surface area is 112 Å². The number of aliphatic hydroxyl groups excluding tert-OH is 2. The average Bonchev–Trinajstić information content (AvgIpc) is 2.34. The van der Waals surface area contributed by atoms with E-state index >= 15 is 0 Å². The smallest absolute Gasteiger partial charge is 0.0555 e.